The van der Waals surface area contributed by atoms with Crippen LogP contribution in [0.15, 0.2) is 24.3 Å². The molecule has 0 N–H and O–H groups in total. The van der Waals surface area contributed by atoms with E-state index in [4.69, 9.17) is 0 Å². The summed E-state index contributed by atoms with van der Waals surface area (Å²) in [5.41, 5.74) is 1.83. The largest absolute Gasteiger partial charge is 0.335 e. The average molecular weight is 270 g/mol. The van der Waals surface area contributed by atoms with Gasteiger partial charge < -0.3 is 9.80 Å². The molecule has 2 amide bonds. The molecule has 1 aromatic rings. The predicted molar refractivity (Wildman–Crippen MR) is 77.1 cm³/mol. The molecule has 0 atom stereocenters. The van der Waals surface area contributed by atoms with Crippen LogP contribution in [0.25, 0.3) is 0 Å². The smallest absolute Gasteiger partial charge is 0.298 e. The van der Waals surface area contributed by atoms with E-state index >= 15 is 0 Å². The van der Waals surface area contributed by atoms with Crippen molar-refractivity contribution in [3.8, 4) is 11.8 Å². The third-order valence-corrected chi connectivity index (χ3v) is 3.38. The van der Waals surface area contributed by atoms with Crippen LogP contribution < -0.4 is 0 Å². The minimum atomic E-state index is -0.157. The molecule has 0 spiro atoms. The van der Waals surface area contributed by atoms with Gasteiger partial charge in [0.2, 0.25) is 0 Å². The molecule has 0 radical (unpaired) electrons. The zero-order chi connectivity index (χ0) is 14.5. The molecule has 4 heteroatoms. The summed E-state index contributed by atoms with van der Waals surface area (Å²) in [6.07, 6.45) is 0. The minimum absolute atomic E-state index is 0.0266. The molecule has 1 fully saturated rings. The molecule has 0 aliphatic carbocycles. The lowest BCUT2D eigenvalue weighted by molar-refractivity contribution is -0.126. The molecule has 0 bridgehead atoms. The normalized spacial score (nSPS) is 14.5. The van der Waals surface area contributed by atoms with E-state index < -0.39 is 0 Å². The van der Waals surface area contributed by atoms with Crippen LogP contribution in [-0.4, -0.2) is 47.8 Å². The lowest BCUT2D eigenvalue weighted by atomic mass is 10.1. The summed E-state index contributed by atoms with van der Waals surface area (Å²) in [7, 11) is 0. The maximum atomic E-state index is 12.3. The van der Waals surface area contributed by atoms with Crippen molar-refractivity contribution in [1.29, 1.82) is 0 Å². The van der Waals surface area contributed by atoms with Crippen molar-refractivity contribution in [2.24, 2.45) is 0 Å². The number of hydrogen-bond acceptors (Lipinski definition) is 2. The Morgan fingerprint density at radius 3 is 2.10 bits per heavy atom. The van der Waals surface area contributed by atoms with Gasteiger partial charge in [0.25, 0.3) is 11.8 Å². The van der Waals surface area contributed by atoms with E-state index in [1.165, 1.54) is 0 Å². The van der Waals surface area contributed by atoms with Gasteiger partial charge in [-0.1, -0.05) is 23.6 Å². The zero-order valence-electron chi connectivity index (χ0n) is 11.8. The van der Waals surface area contributed by atoms with E-state index in [0.717, 1.165) is 5.56 Å². The lowest BCUT2D eigenvalue weighted by Crippen LogP contribution is -2.50. The van der Waals surface area contributed by atoms with Gasteiger partial charge in [-0.15, -0.1) is 0 Å². The molecular weight excluding hydrogens is 252 g/mol. The van der Waals surface area contributed by atoms with Gasteiger partial charge >= 0.3 is 0 Å². The topological polar surface area (TPSA) is 40.6 Å². The Hall–Kier alpha value is -2.28. The van der Waals surface area contributed by atoms with E-state index in [-0.39, 0.29) is 11.8 Å². The van der Waals surface area contributed by atoms with E-state index in [0.29, 0.717) is 31.7 Å². The number of aryl methyl sites for hydroxylation is 1. The Labute approximate surface area is 119 Å². The second-order valence-electron chi connectivity index (χ2n) is 4.83. The van der Waals surface area contributed by atoms with Gasteiger partial charge in [-0.3, -0.25) is 9.59 Å². The highest BCUT2D eigenvalue weighted by Gasteiger charge is 2.23. The van der Waals surface area contributed by atoms with Crippen LogP contribution in [0, 0.1) is 18.8 Å². The molecule has 1 saturated heterocycles. The summed E-state index contributed by atoms with van der Waals surface area (Å²) in [5, 5.41) is 0. The van der Waals surface area contributed by atoms with Gasteiger partial charge in [-0.05, 0) is 31.9 Å². The van der Waals surface area contributed by atoms with Crippen LogP contribution >= 0.6 is 0 Å². The Kier molecular flexibility index (Phi) is 4.41. The molecule has 0 saturated carbocycles. The Morgan fingerprint density at radius 1 is 1.00 bits per heavy atom. The number of carbonyl (C=O) groups excluding carboxylic acids is 2. The van der Waals surface area contributed by atoms with Crippen LogP contribution in [0.3, 0.4) is 0 Å². The number of benzene rings is 1. The first kappa shape index (κ1) is 14.1. The van der Waals surface area contributed by atoms with Gasteiger partial charge in [-0.25, -0.2) is 0 Å². The van der Waals surface area contributed by atoms with E-state index in [2.05, 4.69) is 11.8 Å². The summed E-state index contributed by atoms with van der Waals surface area (Å²) in [6, 6.07) is 7.56. The molecule has 4 nitrogen and oxygen atoms in total. The Morgan fingerprint density at radius 2 is 1.55 bits per heavy atom. The number of amides is 2. The van der Waals surface area contributed by atoms with Crippen molar-refractivity contribution < 1.29 is 9.59 Å². The molecule has 1 aromatic carbocycles. The fourth-order valence-electron chi connectivity index (χ4n) is 2.18. The Bertz CT molecular complexity index is 558. The highest BCUT2D eigenvalue weighted by molar-refractivity contribution is 5.95. The van der Waals surface area contributed by atoms with E-state index in [1.54, 1.807) is 16.7 Å². The molecule has 2 rings (SSSR count). The molecule has 1 aliphatic heterocycles. The first-order valence-electron chi connectivity index (χ1n) is 6.69. The van der Waals surface area contributed by atoms with Crippen molar-refractivity contribution in [2.75, 3.05) is 26.2 Å². The summed E-state index contributed by atoms with van der Waals surface area (Å²) in [4.78, 5) is 27.4. The van der Waals surface area contributed by atoms with Crippen molar-refractivity contribution in [3.05, 3.63) is 35.4 Å². The van der Waals surface area contributed by atoms with Gasteiger partial charge in [0.05, 0.1) is 0 Å². The average Bonchev–Trinajstić information content (AvgIpc) is 2.48. The maximum absolute atomic E-state index is 12.3. The third-order valence-electron chi connectivity index (χ3n) is 3.38. The zero-order valence-corrected chi connectivity index (χ0v) is 11.8. The number of carbonyl (C=O) groups is 2. The minimum Gasteiger partial charge on any atom is -0.335 e. The third kappa shape index (κ3) is 3.18. The fourth-order valence-corrected chi connectivity index (χ4v) is 2.18. The standard InChI is InChI=1S/C16H18N2O2/c1-3-4-15(19)17-9-11-18(12-10-17)16(20)14-7-5-13(2)6-8-14/h5-8H,9-12H2,1-2H3. The monoisotopic (exact) mass is 270 g/mol. The SMILES string of the molecule is CC#CC(=O)N1CCN(C(=O)c2ccc(C)cc2)CC1. The van der Waals surface area contributed by atoms with Gasteiger partial charge in [0, 0.05) is 31.7 Å². The van der Waals surface area contributed by atoms with Crippen LogP contribution in [0.5, 0.6) is 0 Å². The molecule has 104 valence electrons. The highest BCUT2D eigenvalue weighted by Crippen LogP contribution is 2.10. The first-order chi connectivity index (χ1) is 9.61. The second kappa shape index (κ2) is 6.25. The molecule has 0 unspecified atom stereocenters. The first-order valence-corrected chi connectivity index (χ1v) is 6.69. The van der Waals surface area contributed by atoms with Crippen molar-refractivity contribution in [2.45, 2.75) is 13.8 Å². The number of nitrogens with zero attached hydrogens (tertiary/aromatic N) is 2. The van der Waals surface area contributed by atoms with Crippen LogP contribution in [0.4, 0.5) is 0 Å². The number of hydrogen-bond donors (Lipinski definition) is 0. The molecule has 0 aromatic heterocycles. The quantitative estimate of drug-likeness (QED) is 0.722. The second-order valence-corrected chi connectivity index (χ2v) is 4.83. The molecular formula is C16H18N2O2. The summed E-state index contributed by atoms with van der Waals surface area (Å²) in [6.45, 7) is 5.85. The van der Waals surface area contributed by atoms with Gasteiger partial charge in [0.1, 0.15) is 0 Å². The molecule has 1 heterocycles. The number of rotatable bonds is 1. The van der Waals surface area contributed by atoms with Crippen molar-refractivity contribution in [3.63, 3.8) is 0 Å². The summed E-state index contributed by atoms with van der Waals surface area (Å²) >= 11 is 0. The summed E-state index contributed by atoms with van der Waals surface area (Å²) in [5.74, 6) is 5.01. The van der Waals surface area contributed by atoms with Gasteiger partial charge in [-0.2, -0.15) is 0 Å². The molecule has 20 heavy (non-hydrogen) atoms. The van der Waals surface area contributed by atoms with Crippen LogP contribution in [0.2, 0.25) is 0 Å². The van der Waals surface area contributed by atoms with Crippen molar-refractivity contribution >= 4 is 11.8 Å². The highest BCUT2D eigenvalue weighted by atomic mass is 16.2. The Balaban J connectivity index is 1.96. The van der Waals surface area contributed by atoms with E-state index in [1.807, 2.05) is 31.2 Å². The predicted octanol–water partition coefficient (Wildman–Crippen LogP) is 1.30. The van der Waals surface area contributed by atoms with Crippen LogP contribution in [-0.2, 0) is 4.79 Å². The molecule has 1 aliphatic rings. The lowest BCUT2D eigenvalue weighted by Gasteiger charge is -2.33. The number of piperazine rings is 1. The summed E-state index contributed by atoms with van der Waals surface area (Å²) < 4.78 is 0. The van der Waals surface area contributed by atoms with Crippen LogP contribution in [0.1, 0.15) is 22.8 Å². The van der Waals surface area contributed by atoms with Gasteiger partial charge in [0.15, 0.2) is 0 Å². The fraction of sp³-hybridized carbons (Fsp3) is 0.375. The maximum Gasteiger partial charge on any atom is 0.298 e. The van der Waals surface area contributed by atoms with E-state index in [9.17, 15) is 9.59 Å². The van der Waals surface area contributed by atoms with Crippen molar-refractivity contribution in [1.82, 2.24) is 9.80 Å².